The van der Waals surface area contributed by atoms with Crippen LogP contribution in [0.25, 0.3) is 0 Å². The molecule has 0 spiro atoms. The molecule has 2 atom stereocenters. The third-order valence-corrected chi connectivity index (χ3v) is 3.87. The number of hydrogen-bond donors (Lipinski definition) is 1. The highest BCUT2D eigenvalue weighted by Gasteiger charge is 2.30. The summed E-state index contributed by atoms with van der Waals surface area (Å²) in [5.74, 6) is 0.623. The number of hydrogen-bond acceptors (Lipinski definition) is 3. The summed E-state index contributed by atoms with van der Waals surface area (Å²) in [6.45, 7) is 8.58. The van der Waals surface area contributed by atoms with E-state index in [1.165, 1.54) is 11.3 Å². The van der Waals surface area contributed by atoms with Gasteiger partial charge in [0.25, 0.3) is 0 Å². The Labute approximate surface area is 102 Å². The molecule has 1 fully saturated rings. The van der Waals surface area contributed by atoms with Crippen molar-refractivity contribution in [3.05, 3.63) is 22.4 Å². The second-order valence-corrected chi connectivity index (χ2v) is 6.47. The van der Waals surface area contributed by atoms with Crippen molar-refractivity contribution in [2.45, 2.75) is 38.8 Å². The molecular weight excluding hydrogens is 218 g/mol. The van der Waals surface area contributed by atoms with Crippen molar-refractivity contribution in [2.24, 2.45) is 5.92 Å². The lowest BCUT2D eigenvalue weighted by molar-refractivity contribution is 0.0918. The molecule has 2 rings (SSSR count). The van der Waals surface area contributed by atoms with Crippen LogP contribution in [0.3, 0.4) is 0 Å². The summed E-state index contributed by atoms with van der Waals surface area (Å²) in [6, 6.07) is 4.29. The summed E-state index contributed by atoms with van der Waals surface area (Å²) in [5, 5.41) is 5.71. The van der Waals surface area contributed by atoms with E-state index in [9.17, 15) is 0 Å². The molecule has 2 nitrogen and oxygen atoms in total. The second kappa shape index (κ2) is 4.86. The van der Waals surface area contributed by atoms with Crippen molar-refractivity contribution in [1.29, 1.82) is 0 Å². The normalized spacial score (nSPS) is 26.2. The first kappa shape index (κ1) is 12.1. The van der Waals surface area contributed by atoms with E-state index >= 15 is 0 Å². The minimum absolute atomic E-state index is 0.197. The molecule has 1 aliphatic heterocycles. The summed E-state index contributed by atoms with van der Waals surface area (Å²) in [6.07, 6.45) is 1.49. The van der Waals surface area contributed by atoms with Crippen molar-refractivity contribution in [3.8, 4) is 0 Å². The lowest BCUT2D eigenvalue weighted by atomic mass is 9.98. The highest BCUT2D eigenvalue weighted by Crippen LogP contribution is 2.36. The molecule has 0 aromatic carbocycles. The van der Waals surface area contributed by atoms with E-state index in [4.69, 9.17) is 4.74 Å². The molecule has 1 N–H and O–H groups in total. The van der Waals surface area contributed by atoms with Crippen molar-refractivity contribution >= 4 is 11.3 Å². The lowest BCUT2D eigenvalue weighted by Crippen LogP contribution is -2.39. The van der Waals surface area contributed by atoms with Gasteiger partial charge in [0.05, 0.1) is 6.10 Å². The van der Waals surface area contributed by atoms with E-state index in [1.807, 2.05) is 0 Å². The number of nitrogens with one attached hydrogen (secondary N) is 1. The molecule has 16 heavy (non-hydrogen) atoms. The minimum Gasteiger partial charge on any atom is -0.372 e. The monoisotopic (exact) mass is 239 g/mol. The van der Waals surface area contributed by atoms with Gasteiger partial charge in [-0.2, -0.15) is 0 Å². The van der Waals surface area contributed by atoms with Crippen LogP contribution >= 0.6 is 11.3 Å². The first-order valence-corrected chi connectivity index (χ1v) is 6.84. The Morgan fingerprint density at radius 3 is 2.94 bits per heavy atom. The molecule has 0 radical (unpaired) electrons. The van der Waals surface area contributed by atoms with Crippen LogP contribution in [0.1, 0.15) is 38.2 Å². The second-order valence-electron chi connectivity index (χ2n) is 5.49. The summed E-state index contributed by atoms with van der Waals surface area (Å²) < 4.78 is 5.85. The van der Waals surface area contributed by atoms with Gasteiger partial charge in [-0.25, -0.2) is 0 Å². The molecule has 0 amide bonds. The Morgan fingerprint density at radius 1 is 1.50 bits per heavy atom. The van der Waals surface area contributed by atoms with Gasteiger partial charge < -0.3 is 10.1 Å². The fraction of sp³-hybridized carbons (Fsp3) is 0.692. The van der Waals surface area contributed by atoms with Crippen LogP contribution in [0.2, 0.25) is 0 Å². The lowest BCUT2D eigenvalue weighted by Gasteiger charge is -2.25. The van der Waals surface area contributed by atoms with Gasteiger partial charge in [0, 0.05) is 29.5 Å². The average Bonchev–Trinajstić information content (AvgIpc) is 2.84. The maximum Gasteiger partial charge on any atom is 0.0957 e. The highest BCUT2D eigenvalue weighted by molar-refractivity contribution is 7.10. The fourth-order valence-electron chi connectivity index (χ4n) is 2.05. The van der Waals surface area contributed by atoms with Gasteiger partial charge in [-0.3, -0.25) is 0 Å². The van der Waals surface area contributed by atoms with Crippen LogP contribution in [0.15, 0.2) is 17.5 Å². The van der Waals surface area contributed by atoms with Crippen LogP contribution in [0.4, 0.5) is 0 Å². The summed E-state index contributed by atoms with van der Waals surface area (Å²) in [4.78, 5) is 1.37. The summed E-state index contributed by atoms with van der Waals surface area (Å²) >= 11 is 1.80. The van der Waals surface area contributed by atoms with Crippen LogP contribution in [0.5, 0.6) is 0 Å². The zero-order chi connectivity index (χ0) is 11.6. The first-order chi connectivity index (χ1) is 7.56. The molecule has 0 aliphatic carbocycles. The van der Waals surface area contributed by atoms with E-state index in [2.05, 4.69) is 43.6 Å². The predicted molar refractivity (Wildman–Crippen MR) is 68.9 cm³/mol. The number of ether oxygens (including phenoxy) is 1. The molecular formula is C13H21NOS. The maximum atomic E-state index is 5.85. The van der Waals surface area contributed by atoms with Gasteiger partial charge in [-0.05, 0) is 38.6 Å². The van der Waals surface area contributed by atoms with Gasteiger partial charge >= 0.3 is 0 Å². The van der Waals surface area contributed by atoms with Gasteiger partial charge in [0.15, 0.2) is 0 Å². The molecule has 2 unspecified atom stereocenters. The molecule has 90 valence electrons. The molecule has 1 aliphatic rings. The SMILES string of the molecule is CC(C)(C)NCC1CCOC1c1cccs1. The number of thiophene rings is 1. The van der Waals surface area contributed by atoms with Crippen LogP contribution < -0.4 is 5.32 Å². The fourth-order valence-corrected chi connectivity index (χ4v) is 2.91. The van der Waals surface area contributed by atoms with Crippen LogP contribution in [-0.4, -0.2) is 18.7 Å². The van der Waals surface area contributed by atoms with E-state index in [0.29, 0.717) is 12.0 Å². The number of rotatable bonds is 3. The Morgan fingerprint density at radius 2 is 2.31 bits per heavy atom. The van der Waals surface area contributed by atoms with Crippen molar-refractivity contribution in [1.82, 2.24) is 5.32 Å². The van der Waals surface area contributed by atoms with Crippen molar-refractivity contribution in [3.63, 3.8) is 0 Å². The molecule has 3 heteroatoms. The minimum atomic E-state index is 0.197. The first-order valence-electron chi connectivity index (χ1n) is 5.96. The Balaban J connectivity index is 1.94. The Hall–Kier alpha value is -0.380. The van der Waals surface area contributed by atoms with Crippen LogP contribution in [-0.2, 0) is 4.74 Å². The predicted octanol–water partition coefficient (Wildman–Crippen LogP) is 3.21. The smallest absolute Gasteiger partial charge is 0.0957 e. The van der Waals surface area contributed by atoms with E-state index < -0.39 is 0 Å². The largest absolute Gasteiger partial charge is 0.372 e. The topological polar surface area (TPSA) is 21.3 Å². The van der Waals surface area contributed by atoms with Crippen molar-refractivity contribution in [2.75, 3.05) is 13.2 Å². The molecule has 1 aromatic heterocycles. The van der Waals surface area contributed by atoms with E-state index in [0.717, 1.165) is 13.2 Å². The standard InChI is InChI=1S/C13H21NOS/c1-13(2,3)14-9-10-6-7-15-12(10)11-5-4-8-16-11/h4-5,8,10,12,14H,6-7,9H2,1-3H3. The molecule has 2 heterocycles. The van der Waals surface area contributed by atoms with E-state index in [1.54, 1.807) is 11.3 Å². The highest BCUT2D eigenvalue weighted by atomic mass is 32.1. The third-order valence-electron chi connectivity index (χ3n) is 2.93. The van der Waals surface area contributed by atoms with Crippen molar-refractivity contribution < 1.29 is 4.74 Å². The zero-order valence-electron chi connectivity index (χ0n) is 10.3. The molecule has 1 aromatic rings. The Kier molecular flexibility index (Phi) is 3.67. The molecule has 0 saturated carbocycles. The third kappa shape index (κ3) is 3.06. The summed E-state index contributed by atoms with van der Waals surface area (Å²) in [5.41, 5.74) is 0.197. The quantitative estimate of drug-likeness (QED) is 0.874. The van der Waals surface area contributed by atoms with Gasteiger partial charge in [-0.15, -0.1) is 11.3 Å². The van der Waals surface area contributed by atoms with Gasteiger partial charge in [-0.1, -0.05) is 6.07 Å². The maximum absolute atomic E-state index is 5.85. The van der Waals surface area contributed by atoms with Gasteiger partial charge in [0.2, 0.25) is 0 Å². The Bertz CT molecular complexity index is 315. The van der Waals surface area contributed by atoms with Crippen LogP contribution in [0, 0.1) is 5.92 Å². The molecule has 1 saturated heterocycles. The zero-order valence-corrected chi connectivity index (χ0v) is 11.1. The van der Waals surface area contributed by atoms with Gasteiger partial charge in [0.1, 0.15) is 0 Å². The average molecular weight is 239 g/mol. The molecule has 0 bridgehead atoms. The summed E-state index contributed by atoms with van der Waals surface area (Å²) in [7, 11) is 0. The van der Waals surface area contributed by atoms with E-state index in [-0.39, 0.29) is 5.54 Å².